The Morgan fingerprint density at radius 1 is 1.06 bits per heavy atom. The maximum atomic E-state index is 13.1. The summed E-state index contributed by atoms with van der Waals surface area (Å²) in [6.45, 7) is 3.34. The van der Waals surface area contributed by atoms with Crippen molar-refractivity contribution in [3.8, 4) is 0 Å². The Labute approximate surface area is 186 Å². The van der Waals surface area contributed by atoms with Crippen LogP contribution in [0.3, 0.4) is 0 Å². The first kappa shape index (κ1) is 23.4. The van der Waals surface area contributed by atoms with E-state index in [4.69, 9.17) is 0 Å². The molecule has 0 spiro atoms. The number of nitrogens with zero attached hydrogens (tertiary/aromatic N) is 2. The van der Waals surface area contributed by atoms with Gasteiger partial charge in [0.2, 0.25) is 10.0 Å². The molecular weight excluding hydrogens is 410 g/mol. The molecule has 1 amide bonds. The van der Waals surface area contributed by atoms with Crippen LogP contribution in [0.1, 0.15) is 40.7 Å². The summed E-state index contributed by atoms with van der Waals surface area (Å²) in [6.07, 6.45) is 3.64. The first-order chi connectivity index (χ1) is 14.8. The lowest BCUT2D eigenvalue weighted by Gasteiger charge is -2.27. The monoisotopic (exact) mass is 443 g/mol. The minimum atomic E-state index is -3.59. The van der Waals surface area contributed by atoms with Crippen LogP contribution in [-0.4, -0.2) is 63.3 Å². The molecule has 0 aromatic heterocycles. The number of amides is 1. The van der Waals surface area contributed by atoms with Crippen LogP contribution in [0.4, 0.5) is 0 Å². The van der Waals surface area contributed by atoms with Gasteiger partial charge in [-0.15, -0.1) is 0 Å². The molecule has 1 unspecified atom stereocenters. The van der Waals surface area contributed by atoms with Crippen LogP contribution in [-0.2, 0) is 16.4 Å². The summed E-state index contributed by atoms with van der Waals surface area (Å²) < 4.78 is 27.8. The van der Waals surface area contributed by atoms with Crippen molar-refractivity contribution in [2.75, 3.05) is 33.7 Å². The summed E-state index contributed by atoms with van der Waals surface area (Å²) in [5.74, 6) is -0.255. The summed E-state index contributed by atoms with van der Waals surface area (Å²) in [5, 5.41) is 2.99. The van der Waals surface area contributed by atoms with Gasteiger partial charge in [-0.05, 0) is 63.5 Å². The van der Waals surface area contributed by atoms with E-state index in [0.29, 0.717) is 30.8 Å². The third kappa shape index (κ3) is 5.93. The van der Waals surface area contributed by atoms with E-state index in [-0.39, 0.29) is 16.8 Å². The fourth-order valence-electron chi connectivity index (χ4n) is 3.90. The number of aryl methyl sites for hydroxylation is 1. The molecule has 2 aromatic rings. The third-order valence-electron chi connectivity index (χ3n) is 5.93. The number of rotatable bonds is 8. The van der Waals surface area contributed by atoms with Crippen molar-refractivity contribution in [1.29, 1.82) is 0 Å². The van der Waals surface area contributed by atoms with E-state index in [0.717, 1.165) is 25.7 Å². The second-order valence-electron chi connectivity index (χ2n) is 8.46. The van der Waals surface area contributed by atoms with Gasteiger partial charge in [0, 0.05) is 31.2 Å². The van der Waals surface area contributed by atoms with Gasteiger partial charge < -0.3 is 10.2 Å². The maximum absolute atomic E-state index is 13.1. The Morgan fingerprint density at radius 3 is 2.39 bits per heavy atom. The number of hydrogen-bond donors (Lipinski definition) is 1. The molecule has 2 aromatic carbocycles. The molecule has 1 N–H and O–H groups in total. The number of carbonyl (C=O) groups excluding carboxylic acids is 1. The number of likely N-dealkylation sites (N-methyl/N-ethyl adjacent to an activating group) is 1. The van der Waals surface area contributed by atoms with E-state index < -0.39 is 10.0 Å². The lowest BCUT2D eigenvalue weighted by Crippen LogP contribution is -2.41. The van der Waals surface area contributed by atoms with Crippen molar-refractivity contribution >= 4 is 15.9 Å². The minimum absolute atomic E-state index is 0.133. The van der Waals surface area contributed by atoms with Gasteiger partial charge in [0.15, 0.2) is 0 Å². The molecule has 1 saturated heterocycles. The van der Waals surface area contributed by atoms with Gasteiger partial charge in [0.05, 0.1) is 4.90 Å². The molecule has 0 bridgehead atoms. The highest BCUT2D eigenvalue weighted by Gasteiger charge is 2.28. The van der Waals surface area contributed by atoms with Gasteiger partial charge in [-0.1, -0.05) is 42.8 Å². The predicted molar refractivity (Wildman–Crippen MR) is 124 cm³/mol. The third-order valence-corrected chi connectivity index (χ3v) is 7.97. The summed E-state index contributed by atoms with van der Waals surface area (Å²) in [7, 11) is 0.401. The topological polar surface area (TPSA) is 69.7 Å². The molecule has 7 heteroatoms. The van der Waals surface area contributed by atoms with Crippen LogP contribution in [0.25, 0.3) is 0 Å². The normalized spacial score (nSPS) is 16.3. The van der Waals surface area contributed by atoms with E-state index >= 15 is 0 Å². The molecule has 1 atom stereocenters. The molecule has 1 aliphatic rings. The second kappa shape index (κ2) is 10.4. The smallest absolute Gasteiger partial charge is 0.251 e. The number of benzene rings is 2. The van der Waals surface area contributed by atoms with Crippen LogP contribution >= 0.6 is 0 Å². The highest BCUT2D eigenvalue weighted by atomic mass is 32.2. The molecule has 1 heterocycles. The summed E-state index contributed by atoms with van der Waals surface area (Å²) in [6, 6.07) is 15.2. The van der Waals surface area contributed by atoms with Gasteiger partial charge in [-0.25, -0.2) is 8.42 Å². The van der Waals surface area contributed by atoms with Crippen molar-refractivity contribution in [2.24, 2.45) is 0 Å². The Kier molecular flexibility index (Phi) is 7.86. The van der Waals surface area contributed by atoms with Gasteiger partial charge in [-0.2, -0.15) is 4.31 Å². The minimum Gasteiger partial charge on any atom is -0.350 e. The number of nitrogens with one attached hydrogen (secondary N) is 1. The molecule has 1 fully saturated rings. The van der Waals surface area contributed by atoms with Crippen molar-refractivity contribution in [3.63, 3.8) is 0 Å². The highest BCUT2D eigenvalue weighted by Crippen LogP contribution is 2.24. The van der Waals surface area contributed by atoms with E-state index in [2.05, 4.69) is 22.3 Å². The zero-order valence-electron chi connectivity index (χ0n) is 18.7. The average Bonchev–Trinajstić information content (AvgIpc) is 2.77. The standard InChI is InChI=1S/C24H33N3O3S/c1-19-12-13-21(17-23(19)31(29,30)27-14-8-5-9-15-27)24(28)25-18-22(26(2)3)16-20-10-6-4-7-11-20/h4,6-7,10-13,17,22H,5,8-9,14-16,18H2,1-3H3,(H,25,28). The SMILES string of the molecule is Cc1ccc(C(=O)NCC(Cc2ccccc2)N(C)C)cc1S(=O)(=O)N1CCCCC1. The fraction of sp³-hybridized carbons (Fsp3) is 0.458. The van der Waals surface area contributed by atoms with E-state index in [9.17, 15) is 13.2 Å². The second-order valence-corrected chi connectivity index (χ2v) is 10.4. The van der Waals surface area contributed by atoms with Crippen molar-refractivity contribution in [2.45, 2.75) is 43.5 Å². The number of carbonyl (C=O) groups is 1. The van der Waals surface area contributed by atoms with Crippen LogP contribution < -0.4 is 5.32 Å². The molecule has 6 nitrogen and oxygen atoms in total. The summed E-state index contributed by atoms with van der Waals surface area (Å²) in [4.78, 5) is 15.2. The zero-order chi connectivity index (χ0) is 22.4. The first-order valence-corrected chi connectivity index (χ1v) is 12.3. The van der Waals surface area contributed by atoms with Crippen LogP contribution in [0.15, 0.2) is 53.4 Å². The van der Waals surface area contributed by atoms with E-state index in [1.165, 1.54) is 11.6 Å². The van der Waals surface area contributed by atoms with Crippen molar-refractivity contribution < 1.29 is 13.2 Å². The van der Waals surface area contributed by atoms with Crippen LogP contribution in [0, 0.1) is 6.92 Å². The number of hydrogen-bond acceptors (Lipinski definition) is 4. The Hall–Kier alpha value is -2.22. The molecule has 1 aliphatic heterocycles. The van der Waals surface area contributed by atoms with E-state index in [1.807, 2.05) is 32.3 Å². The molecule has 168 valence electrons. The van der Waals surface area contributed by atoms with Crippen LogP contribution in [0.2, 0.25) is 0 Å². The van der Waals surface area contributed by atoms with Crippen LogP contribution in [0.5, 0.6) is 0 Å². The predicted octanol–water partition coefficient (Wildman–Crippen LogP) is 3.07. The summed E-state index contributed by atoms with van der Waals surface area (Å²) in [5.41, 5.74) is 2.25. The van der Waals surface area contributed by atoms with Crippen molar-refractivity contribution in [3.05, 3.63) is 65.2 Å². The molecule has 0 radical (unpaired) electrons. The molecule has 0 saturated carbocycles. The number of piperidine rings is 1. The quantitative estimate of drug-likeness (QED) is 0.681. The average molecular weight is 444 g/mol. The Morgan fingerprint density at radius 2 is 1.74 bits per heavy atom. The summed E-state index contributed by atoms with van der Waals surface area (Å²) >= 11 is 0. The maximum Gasteiger partial charge on any atom is 0.251 e. The molecule has 31 heavy (non-hydrogen) atoms. The van der Waals surface area contributed by atoms with Gasteiger partial charge >= 0.3 is 0 Å². The largest absolute Gasteiger partial charge is 0.350 e. The van der Waals surface area contributed by atoms with Crippen molar-refractivity contribution in [1.82, 2.24) is 14.5 Å². The first-order valence-electron chi connectivity index (χ1n) is 10.9. The number of sulfonamides is 1. The Bertz CT molecular complexity index is 984. The Balaban J connectivity index is 1.72. The van der Waals surface area contributed by atoms with Gasteiger partial charge in [-0.3, -0.25) is 4.79 Å². The highest BCUT2D eigenvalue weighted by molar-refractivity contribution is 7.89. The molecule has 0 aliphatic carbocycles. The van der Waals surface area contributed by atoms with E-state index in [1.54, 1.807) is 23.4 Å². The zero-order valence-corrected chi connectivity index (χ0v) is 19.5. The van der Waals surface area contributed by atoms with Gasteiger partial charge in [0.25, 0.3) is 5.91 Å². The molecule has 3 rings (SSSR count). The lowest BCUT2D eigenvalue weighted by atomic mass is 10.0. The molecular formula is C24H33N3O3S. The lowest BCUT2D eigenvalue weighted by molar-refractivity contribution is 0.0941. The van der Waals surface area contributed by atoms with Gasteiger partial charge in [0.1, 0.15) is 0 Å². The fourth-order valence-corrected chi connectivity index (χ4v) is 5.67.